The minimum atomic E-state index is 0.981. The molecule has 1 aromatic carbocycles. The van der Waals surface area contributed by atoms with Crippen LogP contribution in [0.5, 0.6) is 0 Å². The van der Waals surface area contributed by atoms with Crippen LogP contribution in [0, 0.1) is 6.92 Å². The van der Waals surface area contributed by atoms with Crippen molar-refractivity contribution in [3.63, 3.8) is 0 Å². The van der Waals surface area contributed by atoms with Crippen molar-refractivity contribution in [3.05, 3.63) is 24.0 Å². The molecule has 0 unspecified atom stereocenters. The SMILES string of the molecule is CCn1c(C)nc2c(N3CCN(C)CC3)cccc21. The predicted octanol–water partition coefficient (Wildman–Crippen LogP) is 2.12. The van der Waals surface area contributed by atoms with Crippen LogP contribution in [0.25, 0.3) is 11.0 Å². The number of nitrogens with zero attached hydrogens (tertiary/aromatic N) is 4. The highest BCUT2D eigenvalue weighted by molar-refractivity contribution is 5.89. The van der Waals surface area contributed by atoms with E-state index in [1.54, 1.807) is 0 Å². The number of aryl methyl sites for hydroxylation is 2. The first-order chi connectivity index (χ1) is 9.20. The molecule has 0 bridgehead atoms. The first-order valence-corrected chi connectivity index (χ1v) is 7.10. The number of hydrogen-bond donors (Lipinski definition) is 0. The van der Waals surface area contributed by atoms with E-state index in [1.165, 1.54) is 11.2 Å². The molecule has 1 aliphatic heterocycles. The minimum Gasteiger partial charge on any atom is -0.367 e. The summed E-state index contributed by atoms with van der Waals surface area (Å²) in [5.41, 5.74) is 3.71. The first kappa shape index (κ1) is 12.5. The largest absolute Gasteiger partial charge is 0.367 e. The number of imidazole rings is 1. The molecule has 1 saturated heterocycles. The molecular formula is C15H22N4. The van der Waals surface area contributed by atoms with Gasteiger partial charge in [-0.05, 0) is 33.0 Å². The number of aromatic nitrogens is 2. The molecule has 0 atom stereocenters. The Morgan fingerprint density at radius 1 is 1.16 bits per heavy atom. The van der Waals surface area contributed by atoms with Crippen molar-refractivity contribution < 1.29 is 0 Å². The average molecular weight is 258 g/mol. The number of piperazine rings is 1. The molecule has 2 heterocycles. The van der Waals surface area contributed by atoms with E-state index in [-0.39, 0.29) is 0 Å². The highest BCUT2D eigenvalue weighted by Crippen LogP contribution is 2.27. The molecule has 0 radical (unpaired) electrons. The van der Waals surface area contributed by atoms with Crippen molar-refractivity contribution in [2.24, 2.45) is 0 Å². The van der Waals surface area contributed by atoms with Crippen LogP contribution in [0.1, 0.15) is 12.7 Å². The van der Waals surface area contributed by atoms with Gasteiger partial charge in [0.1, 0.15) is 11.3 Å². The highest BCUT2D eigenvalue weighted by atomic mass is 15.3. The van der Waals surface area contributed by atoms with Crippen molar-refractivity contribution in [3.8, 4) is 0 Å². The summed E-state index contributed by atoms with van der Waals surface area (Å²) >= 11 is 0. The lowest BCUT2D eigenvalue weighted by atomic mass is 10.2. The number of anilines is 1. The zero-order valence-electron chi connectivity index (χ0n) is 12.1. The van der Waals surface area contributed by atoms with E-state index >= 15 is 0 Å². The lowest BCUT2D eigenvalue weighted by molar-refractivity contribution is 0.313. The standard InChI is InChI=1S/C15H22N4/c1-4-19-12(2)16-15-13(6-5-7-14(15)19)18-10-8-17(3)9-11-18/h5-7H,4,8-11H2,1-3H3. The summed E-state index contributed by atoms with van der Waals surface area (Å²) in [4.78, 5) is 9.63. The van der Waals surface area contributed by atoms with Crippen LogP contribution in [0.2, 0.25) is 0 Å². The molecule has 1 fully saturated rings. The zero-order valence-corrected chi connectivity index (χ0v) is 12.1. The Morgan fingerprint density at radius 3 is 2.58 bits per heavy atom. The molecule has 4 heteroatoms. The van der Waals surface area contributed by atoms with Gasteiger partial charge in [-0.2, -0.15) is 0 Å². The number of benzene rings is 1. The van der Waals surface area contributed by atoms with Crippen molar-refractivity contribution in [2.45, 2.75) is 20.4 Å². The maximum Gasteiger partial charge on any atom is 0.112 e. The summed E-state index contributed by atoms with van der Waals surface area (Å²) < 4.78 is 2.29. The van der Waals surface area contributed by atoms with Gasteiger partial charge >= 0.3 is 0 Å². The molecule has 0 spiro atoms. The second-order valence-electron chi connectivity index (χ2n) is 5.34. The quantitative estimate of drug-likeness (QED) is 0.824. The Bertz CT molecular complexity index is 579. The molecule has 0 amide bonds. The first-order valence-electron chi connectivity index (χ1n) is 7.10. The van der Waals surface area contributed by atoms with Gasteiger partial charge in [-0.25, -0.2) is 4.98 Å². The van der Waals surface area contributed by atoms with Crippen molar-refractivity contribution in [1.29, 1.82) is 0 Å². The third-order valence-corrected chi connectivity index (χ3v) is 4.11. The van der Waals surface area contributed by atoms with Crippen molar-refractivity contribution >= 4 is 16.7 Å². The van der Waals surface area contributed by atoms with Gasteiger partial charge in [0.25, 0.3) is 0 Å². The van der Waals surface area contributed by atoms with Crippen LogP contribution in [0.4, 0.5) is 5.69 Å². The molecule has 2 aromatic rings. The topological polar surface area (TPSA) is 24.3 Å². The molecule has 1 aromatic heterocycles. The second-order valence-corrected chi connectivity index (χ2v) is 5.34. The van der Waals surface area contributed by atoms with Crippen molar-refractivity contribution in [1.82, 2.24) is 14.5 Å². The van der Waals surface area contributed by atoms with E-state index in [2.05, 4.69) is 53.5 Å². The fourth-order valence-electron chi connectivity index (χ4n) is 2.95. The lowest BCUT2D eigenvalue weighted by Gasteiger charge is -2.34. The zero-order chi connectivity index (χ0) is 13.4. The predicted molar refractivity (Wildman–Crippen MR) is 79.9 cm³/mol. The van der Waals surface area contributed by atoms with Crippen LogP contribution in [0.15, 0.2) is 18.2 Å². The van der Waals surface area contributed by atoms with E-state index in [9.17, 15) is 0 Å². The van der Waals surface area contributed by atoms with Gasteiger partial charge in [0.2, 0.25) is 0 Å². The minimum absolute atomic E-state index is 0.981. The van der Waals surface area contributed by atoms with Gasteiger partial charge in [-0.1, -0.05) is 6.07 Å². The van der Waals surface area contributed by atoms with E-state index in [4.69, 9.17) is 4.98 Å². The Morgan fingerprint density at radius 2 is 1.89 bits per heavy atom. The molecule has 1 aliphatic rings. The summed E-state index contributed by atoms with van der Waals surface area (Å²) in [5.74, 6) is 1.11. The fourth-order valence-corrected chi connectivity index (χ4v) is 2.95. The van der Waals surface area contributed by atoms with Crippen LogP contribution in [-0.2, 0) is 6.54 Å². The maximum atomic E-state index is 4.79. The lowest BCUT2D eigenvalue weighted by Crippen LogP contribution is -2.44. The van der Waals surface area contributed by atoms with Crippen LogP contribution >= 0.6 is 0 Å². The van der Waals surface area contributed by atoms with E-state index < -0.39 is 0 Å². The Kier molecular flexibility index (Phi) is 3.19. The van der Waals surface area contributed by atoms with Crippen molar-refractivity contribution in [2.75, 3.05) is 38.1 Å². The molecule has 102 valence electrons. The summed E-state index contributed by atoms with van der Waals surface area (Å²) in [6.45, 7) is 9.69. The van der Waals surface area contributed by atoms with Gasteiger partial charge in [-0.15, -0.1) is 0 Å². The smallest absolute Gasteiger partial charge is 0.112 e. The fraction of sp³-hybridized carbons (Fsp3) is 0.533. The van der Waals surface area contributed by atoms with Gasteiger partial charge in [0.15, 0.2) is 0 Å². The van der Waals surface area contributed by atoms with E-state index in [1.807, 2.05) is 0 Å². The molecule has 3 rings (SSSR count). The molecule has 0 saturated carbocycles. The van der Waals surface area contributed by atoms with Gasteiger partial charge in [-0.3, -0.25) is 0 Å². The molecule has 0 N–H and O–H groups in total. The highest BCUT2D eigenvalue weighted by Gasteiger charge is 2.18. The van der Waals surface area contributed by atoms with Gasteiger partial charge in [0.05, 0.1) is 11.2 Å². The third kappa shape index (κ3) is 2.10. The van der Waals surface area contributed by atoms with Gasteiger partial charge < -0.3 is 14.4 Å². The normalized spacial score (nSPS) is 17.3. The van der Waals surface area contributed by atoms with Gasteiger partial charge in [0, 0.05) is 32.7 Å². The molecule has 0 aliphatic carbocycles. The number of hydrogen-bond acceptors (Lipinski definition) is 3. The molecule has 19 heavy (non-hydrogen) atoms. The third-order valence-electron chi connectivity index (χ3n) is 4.11. The second kappa shape index (κ2) is 4.85. The monoisotopic (exact) mass is 258 g/mol. The Balaban J connectivity index is 2.04. The number of rotatable bonds is 2. The number of para-hydroxylation sites is 1. The number of fused-ring (bicyclic) bond motifs is 1. The van der Waals surface area contributed by atoms with Crippen LogP contribution < -0.4 is 4.90 Å². The average Bonchev–Trinajstić information content (AvgIpc) is 2.75. The van der Waals surface area contributed by atoms with Crippen LogP contribution in [-0.4, -0.2) is 47.7 Å². The molecule has 4 nitrogen and oxygen atoms in total. The maximum absolute atomic E-state index is 4.79. The number of likely N-dealkylation sites (N-methyl/N-ethyl adjacent to an activating group) is 1. The Hall–Kier alpha value is -1.55. The van der Waals surface area contributed by atoms with Crippen LogP contribution in [0.3, 0.4) is 0 Å². The van der Waals surface area contributed by atoms with E-state index in [0.717, 1.165) is 44.1 Å². The summed E-state index contributed by atoms with van der Waals surface area (Å²) in [6, 6.07) is 6.54. The summed E-state index contributed by atoms with van der Waals surface area (Å²) in [6.07, 6.45) is 0. The van der Waals surface area contributed by atoms with E-state index in [0.29, 0.717) is 0 Å². The Labute approximate surface area is 114 Å². The molecular weight excluding hydrogens is 236 g/mol. The summed E-state index contributed by atoms with van der Waals surface area (Å²) in [5, 5.41) is 0. The summed E-state index contributed by atoms with van der Waals surface area (Å²) in [7, 11) is 2.19.